The highest BCUT2D eigenvalue weighted by molar-refractivity contribution is 5.93. The van der Waals surface area contributed by atoms with E-state index in [9.17, 15) is 14.3 Å². The van der Waals surface area contributed by atoms with E-state index >= 15 is 0 Å². The Bertz CT molecular complexity index is 747. The number of hydrogen-bond donors (Lipinski definition) is 1. The molecule has 3 rings (SSSR count). The minimum atomic E-state index is -0.872. The van der Waals surface area contributed by atoms with Crippen LogP contribution in [0.2, 0.25) is 0 Å². The van der Waals surface area contributed by atoms with Gasteiger partial charge in [-0.25, -0.2) is 9.18 Å². The van der Waals surface area contributed by atoms with Crippen molar-refractivity contribution in [1.82, 2.24) is 0 Å². The molecule has 5 nitrogen and oxygen atoms in total. The molecule has 124 valence electrons. The quantitative estimate of drug-likeness (QED) is 0.877. The van der Waals surface area contributed by atoms with E-state index in [4.69, 9.17) is 9.15 Å². The number of rotatable bonds is 4. The van der Waals surface area contributed by atoms with Gasteiger partial charge in [0.05, 0.1) is 23.6 Å². The summed E-state index contributed by atoms with van der Waals surface area (Å²) in [5.74, 6) is -1.08. The molecule has 0 bridgehead atoms. The molecule has 2 heterocycles. The Morgan fingerprint density at radius 1 is 1.48 bits per heavy atom. The molecule has 1 N–H and O–H groups in total. The largest absolute Gasteiger partial charge is 0.460 e. The lowest BCUT2D eigenvalue weighted by Gasteiger charge is -2.48. The van der Waals surface area contributed by atoms with Gasteiger partial charge in [0.1, 0.15) is 11.4 Å². The molecule has 0 radical (unpaired) electrons. The maximum atomic E-state index is 14.4. The first-order chi connectivity index (χ1) is 10.8. The molecule has 1 atom stereocenters. The van der Waals surface area contributed by atoms with Crippen LogP contribution < -0.4 is 4.90 Å². The van der Waals surface area contributed by atoms with Gasteiger partial charge < -0.3 is 19.2 Å². The molecule has 1 aromatic heterocycles. The summed E-state index contributed by atoms with van der Waals surface area (Å²) in [4.78, 5) is 13.7. The van der Waals surface area contributed by atoms with Crippen LogP contribution in [-0.2, 0) is 4.74 Å². The van der Waals surface area contributed by atoms with Crippen LogP contribution in [-0.4, -0.2) is 35.9 Å². The van der Waals surface area contributed by atoms with Gasteiger partial charge in [0.2, 0.25) is 5.76 Å². The highest BCUT2D eigenvalue weighted by Gasteiger charge is 2.39. The van der Waals surface area contributed by atoms with Crippen molar-refractivity contribution in [2.45, 2.75) is 38.8 Å². The Hall–Kier alpha value is -2.08. The maximum Gasteiger partial charge on any atom is 0.374 e. The molecule has 2 aromatic rings. The third-order valence-corrected chi connectivity index (χ3v) is 4.22. The van der Waals surface area contributed by atoms with E-state index in [0.717, 1.165) is 13.0 Å². The average Bonchev–Trinajstić information content (AvgIpc) is 2.80. The molecular formula is C17H20FNO4. The normalized spacial score (nSPS) is 18.1. The van der Waals surface area contributed by atoms with Crippen LogP contribution in [0.1, 0.15) is 37.7 Å². The predicted octanol–water partition coefficient (Wildman–Crippen LogP) is 3.10. The lowest BCUT2D eigenvalue weighted by molar-refractivity contribution is 0.0293. The fraction of sp³-hybridized carbons (Fsp3) is 0.471. The molecule has 0 amide bonds. The Morgan fingerprint density at radius 3 is 2.78 bits per heavy atom. The Kier molecular flexibility index (Phi) is 3.80. The van der Waals surface area contributed by atoms with Crippen molar-refractivity contribution < 1.29 is 23.4 Å². The minimum Gasteiger partial charge on any atom is -0.460 e. The van der Waals surface area contributed by atoms with Gasteiger partial charge in [0.15, 0.2) is 0 Å². The maximum absolute atomic E-state index is 14.4. The number of aliphatic hydroxyl groups is 1. The van der Waals surface area contributed by atoms with E-state index in [-0.39, 0.29) is 23.8 Å². The first kappa shape index (κ1) is 15.8. The molecule has 0 spiro atoms. The second kappa shape index (κ2) is 5.53. The number of carbonyl (C=O) groups is 1. The van der Waals surface area contributed by atoms with Crippen molar-refractivity contribution in [2.24, 2.45) is 0 Å². The molecule has 1 fully saturated rings. The summed E-state index contributed by atoms with van der Waals surface area (Å²) in [5.41, 5.74) is 0.0609. The van der Waals surface area contributed by atoms with Crippen molar-refractivity contribution in [3.05, 3.63) is 29.8 Å². The number of benzene rings is 1. The smallest absolute Gasteiger partial charge is 0.374 e. The van der Waals surface area contributed by atoms with E-state index in [1.807, 2.05) is 4.90 Å². The van der Waals surface area contributed by atoms with E-state index in [2.05, 4.69) is 0 Å². The predicted molar refractivity (Wildman–Crippen MR) is 84.2 cm³/mol. The number of hydrogen-bond acceptors (Lipinski definition) is 5. The molecule has 1 aliphatic heterocycles. The summed E-state index contributed by atoms with van der Waals surface area (Å²) in [6.45, 7) is 6.14. The summed E-state index contributed by atoms with van der Waals surface area (Å²) >= 11 is 0. The van der Waals surface area contributed by atoms with Gasteiger partial charge in [-0.1, -0.05) is 0 Å². The van der Waals surface area contributed by atoms with Crippen LogP contribution in [0.25, 0.3) is 11.0 Å². The zero-order chi connectivity index (χ0) is 16.8. The number of furan rings is 1. The van der Waals surface area contributed by atoms with Crippen molar-refractivity contribution in [1.29, 1.82) is 0 Å². The third kappa shape index (κ3) is 2.79. The molecule has 23 heavy (non-hydrogen) atoms. The number of anilines is 1. The summed E-state index contributed by atoms with van der Waals surface area (Å²) < 4.78 is 24.7. The lowest BCUT2D eigenvalue weighted by atomic mass is 9.87. The summed E-state index contributed by atoms with van der Waals surface area (Å²) in [6, 6.07) is 4.39. The molecule has 1 unspecified atom stereocenters. The SMILES string of the molecule is CCOC(=O)c1cc2c(F)cc(N3CCC3C(C)(C)O)cc2o1. The van der Waals surface area contributed by atoms with Gasteiger partial charge in [-0.05, 0) is 33.3 Å². The topological polar surface area (TPSA) is 62.9 Å². The van der Waals surface area contributed by atoms with Crippen molar-refractivity contribution in [3.63, 3.8) is 0 Å². The molecular weight excluding hydrogens is 301 g/mol. The lowest BCUT2D eigenvalue weighted by Crippen LogP contribution is -2.58. The van der Waals surface area contributed by atoms with Gasteiger partial charge in [-0.2, -0.15) is 0 Å². The Morgan fingerprint density at radius 2 is 2.22 bits per heavy atom. The second-order valence-corrected chi connectivity index (χ2v) is 6.32. The van der Waals surface area contributed by atoms with Gasteiger partial charge in [-0.15, -0.1) is 0 Å². The standard InChI is InChI=1S/C17H20FNO4/c1-4-22-16(20)14-9-11-12(18)7-10(8-13(11)23-14)19-6-5-15(19)17(2,3)21/h7-9,15,21H,4-6H2,1-3H3. The highest BCUT2D eigenvalue weighted by Crippen LogP contribution is 2.36. The molecule has 0 saturated carbocycles. The minimum absolute atomic E-state index is 0.0134. The van der Waals surface area contributed by atoms with Crippen LogP contribution in [0.15, 0.2) is 22.6 Å². The van der Waals surface area contributed by atoms with E-state index in [1.165, 1.54) is 12.1 Å². The van der Waals surface area contributed by atoms with Crippen LogP contribution in [0.5, 0.6) is 0 Å². The first-order valence-corrected chi connectivity index (χ1v) is 7.70. The van der Waals surface area contributed by atoms with Gasteiger partial charge in [-0.3, -0.25) is 0 Å². The number of esters is 1. The number of nitrogens with zero attached hydrogens (tertiary/aromatic N) is 1. The molecule has 1 aromatic carbocycles. The fourth-order valence-corrected chi connectivity index (χ4v) is 2.98. The van der Waals surface area contributed by atoms with E-state index < -0.39 is 17.4 Å². The molecule has 1 aliphatic rings. The van der Waals surface area contributed by atoms with Crippen LogP contribution >= 0.6 is 0 Å². The first-order valence-electron chi connectivity index (χ1n) is 7.70. The molecule has 6 heteroatoms. The van der Waals surface area contributed by atoms with E-state index in [0.29, 0.717) is 11.3 Å². The van der Waals surface area contributed by atoms with Crippen LogP contribution in [0.4, 0.5) is 10.1 Å². The Balaban J connectivity index is 1.96. The van der Waals surface area contributed by atoms with E-state index in [1.54, 1.807) is 26.8 Å². The zero-order valence-electron chi connectivity index (χ0n) is 13.4. The number of ether oxygens (including phenoxy) is 1. The van der Waals surface area contributed by atoms with Crippen LogP contribution in [0.3, 0.4) is 0 Å². The van der Waals surface area contributed by atoms with Gasteiger partial charge >= 0.3 is 5.97 Å². The third-order valence-electron chi connectivity index (χ3n) is 4.22. The van der Waals surface area contributed by atoms with Gasteiger partial charge in [0.25, 0.3) is 0 Å². The number of fused-ring (bicyclic) bond motifs is 1. The average molecular weight is 321 g/mol. The Labute approximate surface area is 133 Å². The molecule has 1 saturated heterocycles. The summed E-state index contributed by atoms with van der Waals surface area (Å²) in [5, 5.41) is 10.4. The zero-order valence-corrected chi connectivity index (χ0v) is 13.4. The number of carbonyl (C=O) groups excluding carboxylic acids is 1. The fourth-order valence-electron chi connectivity index (χ4n) is 2.98. The summed E-state index contributed by atoms with van der Waals surface area (Å²) in [6.07, 6.45) is 0.843. The second-order valence-electron chi connectivity index (χ2n) is 6.32. The molecule has 0 aliphatic carbocycles. The van der Waals surface area contributed by atoms with Gasteiger partial charge in [0, 0.05) is 24.4 Å². The van der Waals surface area contributed by atoms with Crippen molar-refractivity contribution in [2.75, 3.05) is 18.1 Å². The monoisotopic (exact) mass is 321 g/mol. The van der Waals surface area contributed by atoms with Crippen molar-refractivity contribution in [3.8, 4) is 0 Å². The van der Waals surface area contributed by atoms with Crippen LogP contribution in [0, 0.1) is 5.82 Å². The summed E-state index contributed by atoms with van der Waals surface area (Å²) in [7, 11) is 0. The van der Waals surface area contributed by atoms with Crippen molar-refractivity contribution >= 4 is 22.6 Å². The number of halogens is 1. The highest BCUT2D eigenvalue weighted by atomic mass is 19.1.